The zero-order valence-electron chi connectivity index (χ0n) is 16.8. The molecule has 30 heavy (non-hydrogen) atoms. The van der Waals surface area contributed by atoms with Crippen molar-refractivity contribution in [2.45, 2.75) is 20.8 Å². The number of carbonyl (C=O) groups excluding carboxylic acids is 2. The number of nitrogens with zero attached hydrogens (tertiary/aromatic N) is 2. The summed E-state index contributed by atoms with van der Waals surface area (Å²) in [4.78, 5) is 36.9. The fourth-order valence-electron chi connectivity index (χ4n) is 2.90. The molecule has 7 nitrogen and oxygen atoms in total. The van der Waals surface area contributed by atoms with Crippen LogP contribution in [0.3, 0.4) is 0 Å². The summed E-state index contributed by atoms with van der Waals surface area (Å²) in [6, 6.07) is 12.6. The van der Waals surface area contributed by atoms with E-state index in [2.05, 4.69) is 15.7 Å². The third kappa shape index (κ3) is 4.43. The molecule has 0 unspecified atom stereocenters. The van der Waals surface area contributed by atoms with Crippen LogP contribution in [0.4, 0.5) is 10.1 Å². The fraction of sp³-hybridized carbons (Fsp3) is 0.182. The van der Waals surface area contributed by atoms with E-state index < -0.39 is 28.8 Å². The van der Waals surface area contributed by atoms with E-state index in [1.54, 1.807) is 19.1 Å². The molecular weight excluding hydrogens is 387 g/mol. The maximum absolute atomic E-state index is 14.1. The van der Waals surface area contributed by atoms with Crippen LogP contribution < -0.4 is 16.1 Å². The number of hydrogen-bond donors (Lipinski definition) is 2. The molecule has 0 aliphatic rings. The number of hydrogen-bond acceptors (Lipinski definition) is 4. The van der Waals surface area contributed by atoms with Crippen molar-refractivity contribution >= 4 is 17.5 Å². The Kier molecular flexibility index (Phi) is 6.06. The van der Waals surface area contributed by atoms with E-state index in [4.69, 9.17) is 0 Å². The fourth-order valence-corrected chi connectivity index (χ4v) is 2.90. The molecule has 0 fully saturated rings. The number of rotatable bonds is 5. The van der Waals surface area contributed by atoms with Crippen molar-refractivity contribution in [2.75, 3.05) is 11.9 Å². The molecule has 8 heteroatoms. The first-order chi connectivity index (χ1) is 14.3. The lowest BCUT2D eigenvalue weighted by atomic mass is 10.1. The van der Waals surface area contributed by atoms with Gasteiger partial charge in [0.2, 0.25) is 11.3 Å². The number of amides is 2. The van der Waals surface area contributed by atoms with Crippen LogP contribution >= 0.6 is 0 Å². The summed E-state index contributed by atoms with van der Waals surface area (Å²) in [5, 5.41) is 9.12. The molecule has 3 aromatic rings. The largest absolute Gasteiger partial charge is 0.341 e. The summed E-state index contributed by atoms with van der Waals surface area (Å²) >= 11 is 0. The van der Waals surface area contributed by atoms with Gasteiger partial charge in [-0.05, 0) is 50.1 Å². The summed E-state index contributed by atoms with van der Waals surface area (Å²) < 4.78 is 15.3. The molecule has 0 saturated carbocycles. The van der Waals surface area contributed by atoms with Crippen molar-refractivity contribution < 1.29 is 14.0 Å². The Labute approximate surface area is 172 Å². The molecule has 2 aromatic carbocycles. The molecule has 1 aromatic heterocycles. The van der Waals surface area contributed by atoms with Gasteiger partial charge in [-0.1, -0.05) is 24.3 Å². The minimum atomic E-state index is -0.818. The average molecular weight is 408 g/mol. The van der Waals surface area contributed by atoms with Crippen LogP contribution in [0.2, 0.25) is 0 Å². The van der Waals surface area contributed by atoms with Crippen LogP contribution in [0.15, 0.2) is 53.3 Å². The molecule has 0 bridgehead atoms. The Hall–Kier alpha value is -3.81. The molecule has 1 heterocycles. The maximum Gasteiger partial charge on any atom is 0.276 e. The topological polar surface area (TPSA) is 93.1 Å². The SMILES string of the molecule is Cc1cccc(NC(=O)CNC(=O)c2nn(-c3ccccc3F)c(C)cc2=O)c1C. The first kappa shape index (κ1) is 20.9. The second-order valence-corrected chi connectivity index (χ2v) is 6.84. The highest BCUT2D eigenvalue weighted by Crippen LogP contribution is 2.17. The normalized spacial score (nSPS) is 10.5. The quantitative estimate of drug-likeness (QED) is 0.679. The second kappa shape index (κ2) is 8.69. The van der Waals surface area contributed by atoms with Gasteiger partial charge in [0.25, 0.3) is 5.91 Å². The predicted octanol–water partition coefficient (Wildman–Crippen LogP) is 2.67. The lowest BCUT2D eigenvalue weighted by Gasteiger charge is -2.12. The molecular formula is C22H21FN4O3. The third-order valence-corrected chi connectivity index (χ3v) is 4.69. The number of anilines is 1. The van der Waals surface area contributed by atoms with Crippen molar-refractivity contribution in [1.82, 2.24) is 15.1 Å². The van der Waals surface area contributed by atoms with Gasteiger partial charge in [-0.2, -0.15) is 5.10 Å². The molecule has 0 radical (unpaired) electrons. The Morgan fingerprint density at radius 1 is 1.07 bits per heavy atom. The van der Waals surface area contributed by atoms with Gasteiger partial charge < -0.3 is 10.6 Å². The highest BCUT2D eigenvalue weighted by atomic mass is 19.1. The van der Waals surface area contributed by atoms with E-state index in [-0.39, 0.29) is 12.2 Å². The van der Waals surface area contributed by atoms with Gasteiger partial charge in [-0.15, -0.1) is 0 Å². The average Bonchev–Trinajstić information content (AvgIpc) is 2.70. The van der Waals surface area contributed by atoms with Crippen LogP contribution in [0.1, 0.15) is 27.3 Å². The monoisotopic (exact) mass is 408 g/mol. The number of benzene rings is 2. The van der Waals surface area contributed by atoms with E-state index in [0.29, 0.717) is 11.4 Å². The van der Waals surface area contributed by atoms with Crippen molar-refractivity contribution in [3.63, 3.8) is 0 Å². The number of carbonyl (C=O) groups is 2. The first-order valence-corrected chi connectivity index (χ1v) is 9.28. The van der Waals surface area contributed by atoms with Crippen molar-refractivity contribution in [2.24, 2.45) is 0 Å². The molecule has 0 spiro atoms. The lowest BCUT2D eigenvalue weighted by Crippen LogP contribution is -2.37. The van der Waals surface area contributed by atoms with Crippen molar-refractivity contribution in [3.05, 3.63) is 87.1 Å². The van der Waals surface area contributed by atoms with E-state index in [1.807, 2.05) is 26.0 Å². The van der Waals surface area contributed by atoms with Crippen LogP contribution in [0.25, 0.3) is 5.69 Å². The molecule has 0 atom stereocenters. The predicted molar refractivity (Wildman–Crippen MR) is 111 cm³/mol. The van der Waals surface area contributed by atoms with Crippen LogP contribution in [-0.4, -0.2) is 28.1 Å². The van der Waals surface area contributed by atoms with E-state index in [0.717, 1.165) is 11.1 Å². The second-order valence-electron chi connectivity index (χ2n) is 6.84. The van der Waals surface area contributed by atoms with E-state index in [1.165, 1.54) is 28.9 Å². The molecule has 2 amide bonds. The van der Waals surface area contributed by atoms with Crippen molar-refractivity contribution in [3.8, 4) is 5.69 Å². The summed E-state index contributed by atoms with van der Waals surface area (Å²) in [6.07, 6.45) is 0. The Bertz CT molecular complexity index is 1190. The number of halogens is 1. The minimum absolute atomic E-state index is 0.108. The van der Waals surface area contributed by atoms with Gasteiger partial charge in [0.1, 0.15) is 11.5 Å². The Morgan fingerprint density at radius 2 is 1.80 bits per heavy atom. The lowest BCUT2D eigenvalue weighted by molar-refractivity contribution is -0.115. The summed E-state index contributed by atoms with van der Waals surface area (Å²) in [6.45, 7) is 5.04. The summed E-state index contributed by atoms with van der Waals surface area (Å²) in [5.74, 6) is -1.81. The van der Waals surface area contributed by atoms with E-state index in [9.17, 15) is 18.8 Å². The van der Waals surface area contributed by atoms with Gasteiger partial charge >= 0.3 is 0 Å². The number of para-hydroxylation sites is 1. The molecule has 0 aliphatic heterocycles. The van der Waals surface area contributed by atoms with Crippen LogP contribution in [0, 0.1) is 26.6 Å². The summed E-state index contributed by atoms with van der Waals surface area (Å²) in [7, 11) is 0. The van der Waals surface area contributed by atoms with Gasteiger partial charge in [-0.3, -0.25) is 14.4 Å². The Balaban J connectivity index is 1.76. The van der Waals surface area contributed by atoms with Gasteiger partial charge in [0.15, 0.2) is 5.69 Å². The highest BCUT2D eigenvalue weighted by Gasteiger charge is 2.17. The van der Waals surface area contributed by atoms with Gasteiger partial charge in [-0.25, -0.2) is 9.07 Å². The number of aromatic nitrogens is 2. The molecule has 2 N–H and O–H groups in total. The number of nitrogens with one attached hydrogen (secondary N) is 2. The van der Waals surface area contributed by atoms with Gasteiger partial charge in [0, 0.05) is 17.4 Å². The van der Waals surface area contributed by atoms with Crippen molar-refractivity contribution in [1.29, 1.82) is 0 Å². The van der Waals surface area contributed by atoms with Gasteiger partial charge in [0.05, 0.1) is 6.54 Å². The number of aryl methyl sites for hydroxylation is 2. The Morgan fingerprint density at radius 3 is 2.53 bits per heavy atom. The molecule has 0 aliphatic carbocycles. The molecule has 154 valence electrons. The standard InChI is InChI=1S/C22H21FN4O3/c1-13-7-6-9-17(15(13)3)25-20(29)12-24-22(30)21-19(28)11-14(2)27(26-21)18-10-5-4-8-16(18)23/h4-11H,12H2,1-3H3,(H,24,30)(H,25,29). The van der Waals surface area contributed by atoms with Crippen LogP contribution in [0.5, 0.6) is 0 Å². The van der Waals surface area contributed by atoms with E-state index >= 15 is 0 Å². The first-order valence-electron chi connectivity index (χ1n) is 9.28. The molecule has 0 saturated heterocycles. The smallest absolute Gasteiger partial charge is 0.276 e. The van der Waals surface area contributed by atoms with Crippen LogP contribution in [-0.2, 0) is 4.79 Å². The zero-order chi connectivity index (χ0) is 21.8. The maximum atomic E-state index is 14.1. The summed E-state index contributed by atoms with van der Waals surface area (Å²) in [5.41, 5.74) is 2.02. The zero-order valence-corrected chi connectivity index (χ0v) is 16.8. The minimum Gasteiger partial charge on any atom is -0.341 e. The third-order valence-electron chi connectivity index (χ3n) is 4.69. The molecule has 3 rings (SSSR count). The highest BCUT2D eigenvalue weighted by molar-refractivity contribution is 5.98.